The van der Waals surface area contributed by atoms with Crippen molar-refractivity contribution in [2.45, 2.75) is 51.4 Å². The van der Waals surface area contributed by atoms with E-state index in [-0.39, 0.29) is 29.5 Å². The van der Waals surface area contributed by atoms with Crippen LogP contribution >= 0.6 is 12.2 Å². The predicted octanol–water partition coefficient (Wildman–Crippen LogP) is 3.09. The molecule has 2 fully saturated rings. The molecule has 0 bridgehead atoms. The number of amides is 2. The number of furan rings is 1. The van der Waals surface area contributed by atoms with Crippen molar-refractivity contribution in [3.63, 3.8) is 0 Å². The zero-order valence-electron chi connectivity index (χ0n) is 18.7. The minimum Gasteiger partial charge on any atom is -0.459 e. The number of allylic oxidation sites excluding steroid dienone is 1. The smallest absolute Gasteiger partial charge is 0.287 e. The molecule has 1 spiro atoms. The van der Waals surface area contributed by atoms with Gasteiger partial charge in [0.25, 0.3) is 5.91 Å². The second-order valence-corrected chi connectivity index (χ2v) is 9.69. The Labute approximate surface area is 195 Å². The zero-order valence-corrected chi connectivity index (χ0v) is 19.6. The van der Waals surface area contributed by atoms with Crippen molar-refractivity contribution >= 4 is 29.1 Å². The fraction of sp³-hybridized carbons (Fsp3) is 0.625. The maximum Gasteiger partial charge on any atom is 0.287 e. The van der Waals surface area contributed by atoms with E-state index in [1.807, 2.05) is 4.90 Å². The van der Waals surface area contributed by atoms with Gasteiger partial charge in [-0.05, 0) is 81.1 Å². The number of nitrogens with one attached hydrogen (secondary N) is 2. The third kappa shape index (κ3) is 5.71. The molecular formula is C24H34N4O3S. The average molecular weight is 459 g/mol. The molecule has 0 aromatic carbocycles. The molecule has 1 aliphatic carbocycles. The number of hydrogen-bond acceptors (Lipinski definition) is 4. The molecule has 3 aliphatic rings. The van der Waals surface area contributed by atoms with Gasteiger partial charge in [0.05, 0.1) is 12.8 Å². The number of piperidine rings is 1. The third-order valence-electron chi connectivity index (χ3n) is 7.15. The number of likely N-dealkylation sites (tertiary alicyclic amines) is 2. The molecule has 3 heterocycles. The summed E-state index contributed by atoms with van der Waals surface area (Å²) in [5.74, 6) is -0.172. The van der Waals surface area contributed by atoms with E-state index in [1.54, 1.807) is 17.7 Å². The number of rotatable bonds is 6. The first-order valence-corrected chi connectivity index (χ1v) is 12.3. The van der Waals surface area contributed by atoms with Crippen LogP contribution < -0.4 is 10.6 Å². The van der Waals surface area contributed by atoms with E-state index in [4.69, 9.17) is 16.6 Å². The van der Waals surface area contributed by atoms with Crippen molar-refractivity contribution in [1.29, 1.82) is 0 Å². The monoisotopic (exact) mass is 458 g/mol. The Balaban J connectivity index is 1.16. The van der Waals surface area contributed by atoms with Gasteiger partial charge in [0.15, 0.2) is 10.9 Å². The number of carbonyl (C=O) groups is 2. The lowest BCUT2D eigenvalue weighted by molar-refractivity contribution is -0.132. The fourth-order valence-corrected chi connectivity index (χ4v) is 5.34. The number of hydrogen-bond donors (Lipinski definition) is 2. The molecule has 7 nitrogen and oxygen atoms in total. The highest BCUT2D eigenvalue weighted by Crippen LogP contribution is 2.40. The van der Waals surface area contributed by atoms with Gasteiger partial charge in [0, 0.05) is 32.7 Å². The van der Waals surface area contributed by atoms with Crippen LogP contribution in [0.15, 0.2) is 34.5 Å². The molecule has 2 amide bonds. The van der Waals surface area contributed by atoms with Gasteiger partial charge in [0.2, 0.25) is 5.91 Å². The van der Waals surface area contributed by atoms with E-state index in [2.05, 4.69) is 21.6 Å². The van der Waals surface area contributed by atoms with Gasteiger partial charge >= 0.3 is 0 Å². The Bertz CT molecular complexity index is 843. The van der Waals surface area contributed by atoms with Crippen molar-refractivity contribution in [3.05, 3.63) is 35.8 Å². The van der Waals surface area contributed by atoms with Crippen LogP contribution in [0.5, 0.6) is 0 Å². The van der Waals surface area contributed by atoms with Gasteiger partial charge < -0.3 is 24.9 Å². The van der Waals surface area contributed by atoms with Gasteiger partial charge in [-0.1, -0.05) is 11.6 Å². The Morgan fingerprint density at radius 3 is 2.56 bits per heavy atom. The first-order chi connectivity index (χ1) is 15.5. The molecule has 2 saturated heterocycles. The molecule has 0 radical (unpaired) electrons. The molecule has 8 heteroatoms. The second-order valence-electron chi connectivity index (χ2n) is 9.30. The summed E-state index contributed by atoms with van der Waals surface area (Å²) in [7, 11) is 0. The average Bonchev–Trinajstić information content (AvgIpc) is 3.49. The van der Waals surface area contributed by atoms with Crippen molar-refractivity contribution in [1.82, 2.24) is 20.4 Å². The van der Waals surface area contributed by atoms with Crippen LogP contribution in [0.2, 0.25) is 0 Å². The third-order valence-corrected chi connectivity index (χ3v) is 7.56. The summed E-state index contributed by atoms with van der Waals surface area (Å²) in [5, 5.41) is 6.98. The molecule has 0 unspecified atom stereocenters. The van der Waals surface area contributed by atoms with E-state index in [0.717, 1.165) is 63.5 Å². The van der Waals surface area contributed by atoms with Crippen LogP contribution in [-0.2, 0) is 4.79 Å². The molecule has 4 rings (SSSR count). The van der Waals surface area contributed by atoms with Gasteiger partial charge in [-0.3, -0.25) is 9.59 Å². The van der Waals surface area contributed by atoms with Crippen molar-refractivity contribution in [2.75, 3.05) is 39.3 Å². The maximum atomic E-state index is 12.5. The normalized spacial score (nSPS) is 20.2. The highest BCUT2D eigenvalue weighted by Gasteiger charge is 2.42. The van der Waals surface area contributed by atoms with Crippen LogP contribution in [0.1, 0.15) is 61.9 Å². The van der Waals surface area contributed by atoms with E-state index in [9.17, 15) is 9.59 Å². The van der Waals surface area contributed by atoms with Gasteiger partial charge in [-0.15, -0.1) is 0 Å². The SMILES string of the molecule is O=C(NCC(=O)N1CCC2(CC1)CCN(C(=S)NCCC1=CCCCC1)C2)c1ccco1. The van der Waals surface area contributed by atoms with Crippen LogP contribution in [0, 0.1) is 5.41 Å². The molecule has 0 saturated carbocycles. The van der Waals surface area contributed by atoms with E-state index < -0.39 is 0 Å². The van der Waals surface area contributed by atoms with Gasteiger partial charge in [0.1, 0.15) is 0 Å². The topological polar surface area (TPSA) is 77.8 Å². The molecule has 32 heavy (non-hydrogen) atoms. The zero-order chi connectivity index (χ0) is 22.4. The van der Waals surface area contributed by atoms with Crippen LogP contribution in [0.4, 0.5) is 0 Å². The summed E-state index contributed by atoms with van der Waals surface area (Å²) < 4.78 is 5.06. The Morgan fingerprint density at radius 2 is 1.88 bits per heavy atom. The molecule has 1 aromatic rings. The summed E-state index contributed by atoms with van der Waals surface area (Å²) in [5.41, 5.74) is 1.81. The van der Waals surface area contributed by atoms with Crippen molar-refractivity contribution < 1.29 is 14.0 Å². The molecule has 1 aromatic heterocycles. The highest BCUT2D eigenvalue weighted by atomic mass is 32.1. The van der Waals surface area contributed by atoms with E-state index in [1.165, 1.54) is 31.9 Å². The van der Waals surface area contributed by atoms with Crippen LogP contribution in [0.25, 0.3) is 0 Å². The Kier molecular flexibility index (Phi) is 7.50. The molecular weight excluding hydrogens is 424 g/mol. The molecule has 174 valence electrons. The van der Waals surface area contributed by atoms with E-state index in [0.29, 0.717) is 0 Å². The van der Waals surface area contributed by atoms with Crippen LogP contribution in [-0.4, -0.2) is 66.0 Å². The fourth-order valence-electron chi connectivity index (χ4n) is 5.08. The highest BCUT2D eigenvalue weighted by molar-refractivity contribution is 7.80. The lowest BCUT2D eigenvalue weighted by Gasteiger charge is -2.39. The van der Waals surface area contributed by atoms with Gasteiger partial charge in [-0.2, -0.15) is 0 Å². The minimum atomic E-state index is -0.357. The van der Waals surface area contributed by atoms with Gasteiger partial charge in [-0.25, -0.2) is 0 Å². The first-order valence-electron chi connectivity index (χ1n) is 11.8. The quantitative estimate of drug-likeness (QED) is 0.504. The minimum absolute atomic E-state index is 0.00307. The molecule has 2 N–H and O–H groups in total. The number of nitrogens with zero attached hydrogens (tertiary/aromatic N) is 2. The largest absolute Gasteiger partial charge is 0.459 e. The summed E-state index contributed by atoms with van der Waals surface area (Å²) in [6, 6.07) is 3.24. The standard InChI is InChI=1S/C24H34N4O3S/c29-21(17-26-22(30)20-7-4-16-31-20)27-13-9-24(10-14-27)11-15-28(18-24)23(32)25-12-8-19-5-2-1-3-6-19/h4-5,7,16H,1-3,6,8-15,17-18H2,(H,25,32)(H,26,30). The van der Waals surface area contributed by atoms with E-state index >= 15 is 0 Å². The lowest BCUT2D eigenvalue weighted by atomic mass is 9.78. The first kappa shape index (κ1) is 22.8. The van der Waals surface area contributed by atoms with Crippen LogP contribution in [0.3, 0.4) is 0 Å². The number of thiocarbonyl (C=S) groups is 1. The lowest BCUT2D eigenvalue weighted by Crippen LogP contribution is -2.48. The Hall–Kier alpha value is -2.35. The van der Waals surface area contributed by atoms with Crippen molar-refractivity contribution in [3.8, 4) is 0 Å². The molecule has 2 aliphatic heterocycles. The summed E-state index contributed by atoms with van der Waals surface area (Å²) in [6.45, 7) is 4.35. The molecule has 0 atom stereocenters. The summed E-state index contributed by atoms with van der Waals surface area (Å²) in [4.78, 5) is 28.7. The number of carbonyl (C=O) groups excluding carboxylic acids is 2. The maximum absolute atomic E-state index is 12.5. The predicted molar refractivity (Wildman–Crippen MR) is 127 cm³/mol. The second kappa shape index (κ2) is 10.5. The van der Waals surface area contributed by atoms with Crippen molar-refractivity contribution in [2.24, 2.45) is 5.41 Å². The Morgan fingerprint density at radius 1 is 1.09 bits per heavy atom. The summed E-state index contributed by atoms with van der Waals surface area (Å²) in [6.07, 6.45) is 13.1. The summed E-state index contributed by atoms with van der Waals surface area (Å²) >= 11 is 5.67.